The molecule has 0 N–H and O–H groups in total. The Morgan fingerprint density at radius 2 is 1.04 bits per heavy atom. The second-order valence-corrected chi connectivity index (χ2v) is 7.52. The summed E-state index contributed by atoms with van der Waals surface area (Å²) in [4.78, 5) is 13.6. The van der Waals surface area contributed by atoms with Gasteiger partial charge in [0.15, 0.2) is 0 Å². The summed E-state index contributed by atoms with van der Waals surface area (Å²) in [7, 11) is 0. The van der Waals surface area contributed by atoms with Gasteiger partial charge in [0.25, 0.3) is 0 Å². The van der Waals surface area contributed by atoms with Crippen LogP contribution in [-0.4, -0.2) is 30.0 Å². The average Bonchev–Trinajstić information content (AvgIpc) is 2.59. The minimum Gasteiger partial charge on any atom is -0.548 e. The van der Waals surface area contributed by atoms with E-state index in [0.29, 0.717) is 6.42 Å². The molecule has 0 saturated carbocycles. The van der Waals surface area contributed by atoms with Gasteiger partial charge in [-0.2, -0.15) is 0 Å². The summed E-state index contributed by atoms with van der Waals surface area (Å²) in [5.41, 5.74) is 0. The standard InChI is InChI=1S/C22H45NO2.Na/c1-4-7-9-11-13-15-17-19-23(21(6-3)22(24)25)20-18-16-14-12-10-8-5-2;/h21H,4-20H2,1-3H3,(H,24,25);/q;+1/p-1. The number of carboxylic acids is 1. The van der Waals surface area contributed by atoms with Crippen molar-refractivity contribution in [2.45, 2.75) is 123 Å². The van der Waals surface area contributed by atoms with E-state index in [2.05, 4.69) is 18.7 Å². The molecule has 4 heteroatoms. The third-order valence-corrected chi connectivity index (χ3v) is 5.20. The molecule has 0 rings (SSSR count). The maximum absolute atomic E-state index is 11.4. The zero-order chi connectivity index (χ0) is 18.8. The first-order valence-electron chi connectivity index (χ1n) is 11.1. The van der Waals surface area contributed by atoms with Gasteiger partial charge in [-0.15, -0.1) is 0 Å². The number of rotatable bonds is 19. The molecule has 0 bridgehead atoms. The molecule has 0 radical (unpaired) electrons. The minimum atomic E-state index is -0.895. The Kier molecular flexibility index (Phi) is 23.9. The second kappa shape index (κ2) is 21.7. The Balaban J connectivity index is 0. The van der Waals surface area contributed by atoms with Gasteiger partial charge in [-0.3, -0.25) is 4.90 Å². The Hall–Kier alpha value is 0.430. The van der Waals surface area contributed by atoms with E-state index in [-0.39, 0.29) is 29.6 Å². The Bertz CT molecular complexity index is 282. The first-order chi connectivity index (χ1) is 12.2. The number of hydrogen-bond acceptors (Lipinski definition) is 3. The Morgan fingerprint density at radius 1 is 0.692 bits per heavy atom. The molecule has 26 heavy (non-hydrogen) atoms. The van der Waals surface area contributed by atoms with Crippen molar-refractivity contribution in [1.29, 1.82) is 0 Å². The normalized spacial score (nSPS) is 12.2. The molecule has 1 atom stereocenters. The van der Waals surface area contributed by atoms with Crippen LogP contribution in [0.5, 0.6) is 0 Å². The summed E-state index contributed by atoms with van der Waals surface area (Å²) in [5.74, 6) is -0.895. The van der Waals surface area contributed by atoms with Crippen molar-refractivity contribution >= 4 is 5.97 Å². The van der Waals surface area contributed by atoms with E-state index in [0.717, 1.165) is 25.9 Å². The summed E-state index contributed by atoms with van der Waals surface area (Å²) >= 11 is 0. The van der Waals surface area contributed by atoms with Gasteiger partial charge >= 0.3 is 29.6 Å². The summed E-state index contributed by atoms with van der Waals surface area (Å²) in [6.07, 6.45) is 18.5. The van der Waals surface area contributed by atoms with Crippen LogP contribution >= 0.6 is 0 Å². The first-order valence-corrected chi connectivity index (χ1v) is 11.1. The molecular formula is C22H44NNaO2. The van der Waals surface area contributed by atoms with E-state index < -0.39 is 12.0 Å². The number of carbonyl (C=O) groups is 1. The fourth-order valence-electron chi connectivity index (χ4n) is 3.54. The van der Waals surface area contributed by atoms with E-state index in [1.54, 1.807) is 0 Å². The van der Waals surface area contributed by atoms with Gasteiger partial charge in [0, 0.05) is 6.04 Å². The van der Waals surface area contributed by atoms with Crippen LogP contribution in [0, 0.1) is 0 Å². The van der Waals surface area contributed by atoms with Crippen molar-refractivity contribution in [3.05, 3.63) is 0 Å². The largest absolute Gasteiger partial charge is 1.00 e. The molecule has 150 valence electrons. The van der Waals surface area contributed by atoms with Gasteiger partial charge in [-0.25, -0.2) is 0 Å². The number of carboxylic acid groups (broad SMARTS) is 1. The van der Waals surface area contributed by atoms with Gasteiger partial charge in [0.2, 0.25) is 0 Å². The monoisotopic (exact) mass is 377 g/mol. The fourth-order valence-corrected chi connectivity index (χ4v) is 3.54. The molecule has 0 heterocycles. The second-order valence-electron chi connectivity index (χ2n) is 7.52. The third-order valence-electron chi connectivity index (χ3n) is 5.20. The SMILES string of the molecule is CCCCCCCCCN(CCCCCCCCC)C(CC)C(=O)[O-].[Na+]. The topological polar surface area (TPSA) is 43.4 Å². The van der Waals surface area contributed by atoms with Gasteiger partial charge < -0.3 is 9.90 Å². The first kappa shape index (κ1) is 28.6. The number of unbranched alkanes of at least 4 members (excludes halogenated alkanes) is 12. The third kappa shape index (κ3) is 16.6. The molecule has 0 aromatic heterocycles. The van der Waals surface area contributed by atoms with Gasteiger partial charge in [0.05, 0.1) is 5.97 Å². The number of carbonyl (C=O) groups excluding carboxylic acids is 1. The molecule has 0 aliphatic heterocycles. The van der Waals surface area contributed by atoms with Crippen LogP contribution in [-0.2, 0) is 4.79 Å². The molecular weight excluding hydrogens is 333 g/mol. The zero-order valence-electron chi connectivity index (χ0n) is 18.4. The average molecular weight is 378 g/mol. The molecule has 0 fully saturated rings. The van der Waals surface area contributed by atoms with Crippen molar-refractivity contribution in [3.63, 3.8) is 0 Å². The van der Waals surface area contributed by atoms with Crippen molar-refractivity contribution < 1.29 is 39.5 Å². The molecule has 0 aliphatic rings. The van der Waals surface area contributed by atoms with Gasteiger partial charge in [0.1, 0.15) is 0 Å². The van der Waals surface area contributed by atoms with Crippen LogP contribution in [0.4, 0.5) is 0 Å². The molecule has 0 aliphatic carbocycles. The number of nitrogens with zero attached hydrogens (tertiary/aromatic N) is 1. The minimum absolute atomic E-state index is 0. The summed E-state index contributed by atoms with van der Waals surface area (Å²) in [6, 6.07) is -0.403. The molecule has 0 amide bonds. The number of aliphatic carboxylic acids is 1. The van der Waals surface area contributed by atoms with Crippen molar-refractivity contribution in [2.75, 3.05) is 13.1 Å². The van der Waals surface area contributed by atoms with Crippen LogP contribution in [0.25, 0.3) is 0 Å². The Morgan fingerprint density at radius 3 is 1.35 bits per heavy atom. The predicted molar refractivity (Wildman–Crippen MR) is 107 cm³/mol. The number of hydrogen-bond donors (Lipinski definition) is 0. The summed E-state index contributed by atoms with van der Waals surface area (Å²) in [6.45, 7) is 8.27. The predicted octanol–water partition coefficient (Wildman–Crippen LogP) is 2.32. The maximum Gasteiger partial charge on any atom is 1.00 e. The quantitative estimate of drug-likeness (QED) is 0.256. The molecule has 0 aromatic rings. The van der Waals surface area contributed by atoms with Crippen LogP contribution in [0.1, 0.15) is 117 Å². The van der Waals surface area contributed by atoms with E-state index in [4.69, 9.17) is 0 Å². The van der Waals surface area contributed by atoms with Gasteiger partial charge in [-0.1, -0.05) is 97.8 Å². The van der Waals surface area contributed by atoms with E-state index >= 15 is 0 Å². The van der Waals surface area contributed by atoms with Crippen molar-refractivity contribution in [2.24, 2.45) is 0 Å². The maximum atomic E-state index is 11.4. The van der Waals surface area contributed by atoms with Crippen LogP contribution in [0.15, 0.2) is 0 Å². The van der Waals surface area contributed by atoms with Crippen molar-refractivity contribution in [1.82, 2.24) is 4.90 Å². The molecule has 0 aromatic carbocycles. The van der Waals surface area contributed by atoms with E-state index in [1.807, 2.05) is 6.92 Å². The van der Waals surface area contributed by atoms with Crippen molar-refractivity contribution in [3.8, 4) is 0 Å². The molecule has 0 spiro atoms. The van der Waals surface area contributed by atoms with Crippen LogP contribution in [0.3, 0.4) is 0 Å². The molecule has 1 unspecified atom stereocenters. The van der Waals surface area contributed by atoms with Crippen LogP contribution < -0.4 is 34.7 Å². The van der Waals surface area contributed by atoms with E-state index in [9.17, 15) is 9.90 Å². The summed E-state index contributed by atoms with van der Waals surface area (Å²) < 4.78 is 0. The van der Waals surface area contributed by atoms with Crippen LogP contribution in [0.2, 0.25) is 0 Å². The smallest absolute Gasteiger partial charge is 0.548 e. The van der Waals surface area contributed by atoms with E-state index in [1.165, 1.54) is 77.0 Å². The zero-order valence-corrected chi connectivity index (χ0v) is 20.4. The Labute approximate surface area is 186 Å². The molecule has 3 nitrogen and oxygen atoms in total. The molecule has 0 saturated heterocycles. The summed E-state index contributed by atoms with van der Waals surface area (Å²) in [5, 5.41) is 11.4. The fraction of sp³-hybridized carbons (Fsp3) is 0.955. The van der Waals surface area contributed by atoms with Gasteiger partial charge in [-0.05, 0) is 32.4 Å².